The molecule has 1 unspecified atom stereocenters. The van der Waals surface area contributed by atoms with Gasteiger partial charge in [0.25, 0.3) is 0 Å². The second-order valence-electron chi connectivity index (χ2n) is 5.23. The van der Waals surface area contributed by atoms with Crippen LogP contribution in [0.3, 0.4) is 0 Å². The zero-order valence-electron chi connectivity index (χ0n) is 12.6. The van der Waals surface area contributed by atoms with Crippen molar-refractivity contribution >= 4 is 0 Å². The summed E-state index contributed by atoms with van der Waals surface area (Å²) in [6, 6.07) is 4.43. The molecule has 0 radical (unpaired) electrons. The van der Waals surface area contributed by atoms with E-state index in [-0.39, 0.29) is 6.04 Å². The van der Waals surface area contributed by atoms with Gasteiger partial charge in [-0.15, -0.1) is 0 Å². The van der Waals surface area contributed by atoms with Gasteiger partial charge in [0.15, 0.2) is 0 Å². The minimum Gasteiger partial charge on any atom is -0.271 e. The number of nitrogens with two attached hydrogens (primary N) is 1. The number of aromatic nitrogens is 3. The number of rotatable bonds is 5. The third-order valence-electron chi connectivity index (χ3n) is 3.67. The molecular formula is C15H23N5. The number of hydrogen-bond acceptors (Lipinski definition) is 4. The van der Waals surface area contributed by atoms with E-state index >= 15 is 0 Å². The summed E-state index contributed by atoms with van der Waals surface area (Å²) >= 11 is 0. The maximum Gasteiger partial charge on any atom is 0.138 e. The van der Waals surface area contributed by atoms with E-state index in [4.69, 9.17) is 5.84 Å². The summed E-state index contributed by atoms with van der Waals surface area (Å²) in [4.78, 5) is 4.33. The van der Waals surface area contributed by atoms with Gasteiger partial charge in [-0.1, -0.05) is 17.7 Å². The van der Waals surface area contributed by atoms with Crippen molar-refractivity contribution in [1.82, 2.24) is 20.2 Å². The molecule has 0 saturated heterocycles. The highest BCUT2D eigenvalue weighted by atomic mass is 15.3. The standard InChI is InChI=1S/C15H23N5/c1-5-20-14(17-9-18-20)8-13(19-16)15-11(3)6-10(2)7-12(15)4/h6-7,9,13,19H,5,8,16H2,1-4H3. The first kappa shape index (κ1) is 14.7. The van der Waals surface area contributed by atoms with E-state index in [2.05, 4.69) is 55.3 Å². The van der Waals surface area contributed by atoms with Crippen molar-refractivity contribution in [2.45, 2.75) is 46.7 Å². The maximum absolute atomic E-state index is 5.78. The molecule has 5 heteroatoms. The molecule has 3 N–H and O–H groups in total. The highest BCUT2D eigenvalue weighted by molar-refractivity contribution is 5.40. The molecule has 108 valence electrons. The number of hydrazine groups is 1. The van der Waals surface area contributed by atoms with E-state index < -0.39 is 0 Å². The lowest BCUT2D eigenvalue weighted by Gasteiger charge is -2.21. The van der Waals surface area contributed by atoms with Crippen LogP contribution < -0.4 is 11.3 Å². The fourth-order valence-electron chi connectivity index (χ4n) is 2.88. The molecule has 0 aliphatic heterocycles. The first-order chi connectivity index (χ1) is 9.56. The molecule has 1 aromatic heterocycles. The Morgan fingerprint density at radius 1 is 1.25 bits per heavy atom. The Balaban J connectivity index is 2.34. The first-order valence-electron chi connectivity index (χ1n) is 6.97. The molecule has 5 nitrogen and oxygen atoms in total. The van der Waals surface area contributed by atoms with Gasteiger partial charge < -0.3 is 0 Å². The normalized spacial score (nSPS) is 12.7. The fourth-order valence-corrected chi connectivity index (χ4v) is 2.88. The second kappa shape index (κ2) is 6.15. The zero-order chi connectivity index (χ0) is 14.7. The van der Waals surface area contributed by atoms with E-state index in [9.17, 15) is 0 Å². The molecule has 0 fully saturated rings. The first-order valence-corrected chi connectivity index (χ1v) is 6.97. The Bertz CT molecular complexity index is 565. The molecule has 0 spiro atoms. The average Bonchev–Trinajstić information content (AvgIpc) is 2.83. The minimum atomic E-state index is 0.0464. The summed E-state index contributed by atoms with van der Waals surface area (Å²) in [5, 5.41) is 4.21. The summed E-state index contributed by atoms with van der Waals surface area (Å²) in [5.74, 6) is 6.73. The number of aryl methyl sites for hydroxylation is 4. The summed E-state index contributed by atoms with van der Waals surface area (Å²) < 4.78 is 1.91. The topological polar surface area (TPSA) is 68.8 Å². The van der Waals surface area contributed by atoms with Gasteiger partial charge in [0.2, 0.25) is 0 Å². The van der Waals surface area contributed by atoms with Crippen LogP contribution in [0.15, 0.2) is 18.5 Å². The van der Waals surface area contributed by atoms with E-state index in [0.29, 0.717) is 0 Å². The fraction of sp³-hybridized carbons (Fsp3) is 0.467. The smallest absolute Gasteiger partial charge is 0.138 e. The van der Waals surface area contributed by atoms with Gasteiger partial charge in [0.05, 0.1) is 6.04 Å². The third-order valence-corrected chi connectivity index (χ3v) is 3.67. The number of benzene rings is 1. The number of nitrogens with one attached hydrogen (secondary N) is 1. The Hall–Kier alpha value is -1.72. The van der Waals surface area contributed by atoms with Crippen molar-refractivity contribution in [3.8, 4) is 0 Å². The van der Waals surface area contributed by atoms with Crippen LogP contribution >= 0.6 is 0 Å². The highest BCUT2D eigenvalue weighted by Gasteiger charge is 2.18. The van der Waals surface area contributed by atoms with Crippen LogP contribution in [0.4, 0.5) is 0 Å². The maximum atomic E-state index is 5.78. The molecule has 1 heterocycles. The molecule has 0 aliphatic carbocycles. The van der Waals surface area contributed by atoms with Gasteiger partial charge in [-0.2, -0.15) is 5.10 Å². The Labute approximate surface area is 120 Å². The van der Waals surface area contributed by atoms with Crippen molar-refractivity contribution < 1.29 is 0 Å². The summed E-state index contributed by atoms with van der Waals surface area (Å²) in [7, 11) is 0. The van der Waals surface area contributed by atoms with Gasteiger partial charge in [-0.3, -0.25) is 16.0 Å². The molecule has 0 bridgehead atoms. The van der Waals surface area contributed by atoms with E-state index in [1.165, 1.54) is 22.3 Å². The largest absolute Gasteiger partial charge is 0.271 e. The molecule has 2 rings (SSSR count). The Kier molecular flexibility index (Phi) is 4.52. The highest BCUT2D eigenvalue weighted by Crippen LogP contribution is 2.25. The van der Waals surface area contributed by atoms with Crippen LogP contribution in [-0.4, -0.2) is 14.8 Å². The van der Waals surface area contributed by atoms with E-state index in [0.717, 1.165) is 18.8 Å². The van der Waals surface area contributed by atoms with E-state index in [1.54, 1.807) is 6.33 Å². The van der Waals surface area contributed by atoms with Crippen molar-refractivity contribution in [2.24, 2.45) is 5.84 Å². The minimum absolute atomic E-state index is 0.0464. The van der Waals surface area contributed by atoms with Crippen LogP contribution in [0.5, 0.6) is 0 Å². The third kappa shape index (κ3) is 2.89. The lowest BCUT2D eigenvalue weighted by atomic mass is 9.92. The van der Waals surface area contributed by atoms with Crippen LogP contribution in [0.1, 0.15) is 41.0 Å². The van der Waals surface area contributed by atoms with Crippen molar-refractivity contribution in [3.05, 3.63) is 46.5 Å². The van der Waals surface area contributed by atoms with Gasteiger partial charge >= 0.3 is 0 Å². The van der Waals surface area contributed by atoms with Gasteiger partial charge in [-0.25, -0.2) is 4.98 Å². The quantitative estimate of drug-likeness (QED) is 0.645. The van der Waals surface area contributed by atoms with Gasteiger partial charge in [0.1, 0.15) is 12.2 Å². The van der Waals surface area contributed by atoms with Crippen LogP contribution in [-0.2, 0) is 13.0 Å². The lowest BCUT2D eigenvalue weighted by molar-refractivity contribution is 0.506. The Morgan fingerprint density at radius 2 is 1.90 bits per heavy atom. The monoisotopic (exact) mass is 273 g/mol. The summed E-state index contributed by atoms with van der Waals surface area (Å²) in [6.45, 7) is 9.25. The summed E-state index contributed by atoms with van der Waals surface area (Å²) in [5.41, 5.74) is 7.97. The van der Waals surface area contributed by atoms with E-state index in [1.807, 2.05) is 4.68 Å². The van der Waals surface area contributed by atoms with Crippen LogP contribution in [0, 0.1) is 20.8 Å². The van der Waals surface area contributed by atoms with Crippen molar-refractivity contribution in [1.29, 1.82) is 0 Å². The van der Waals surface area contributed by atoms with Crippen molar-refractivity contribution in [2.75, 3.05) is 0 Å². The van der Waals surface area contributed by atoms with Gasteiger partial charge in [-0.05, 0) is 44.4 Å². The summed E-state index contributed by atoms with van der Waals surface area (Å²) in [6.07, 6.45) is 2.33. The molecule has 0 amide bonds. The molecule has 1 aromatic carbocycles. The van der Waals surface area contributed by atoms with Crippen molar-refractivity contribution in [3.63, 3.8) is 0 Å². The number of nitrogens with zero attached hydrogens (tertiary/aromatic N) is 3. The molecule has 1 atom stereocenters. The molecule has 0 saturated carbocycles. The van der Waals surface area contributed by atoms with Crippen LogP contribution in [0.25, 0.3) is 0 Å². The molecule has 0 aliphatic rings. The second-order valence-corrected chi connectivity index (χ2v) is 5.23. The Morgan fingerprint density at radius 3 is 2.45 bits per heavy atom. The zero-order valence-corrected chi connectivity index (χ0v) is 12.6. The molecule has 2 aromatic rings. The predicted octanol–water partition coefficient (Wildman–Crippen LogP) is 1.97. The van der Waals surface area contributed by atoms with Gasteiger partial charge in [0, 0.05) is 13.0 Å². The van der Waals surface area contributed by atoms with Crippen LogP contribution in [0.2, 0.25) is 0 Å². The number of hydrogen-bond donors (Lipinski definition) is 2. The average molecular weight is 273 g/mol. The lowest BCUT2D eigenvalue weighted by Crippen LogP contribution is -2.31. The predicted molar refractivity (Wildman–Crippen MR) is 80.1 cm³/mol. The molecular weight excluding hydrogens is 250 g/mol. The molecule has 20 heavy (non-hydrogen) atoms. The SMILES string of the molecule is CCn1ncnc1CC(NN)c1c(C)cc(C)cc1C.